The van der Waals surface area contributed by atoms with E-state index in [4.69, 9.17) is 5.73 Å². The second kappa shape index (κ2) is 5.96. The molecule has 0 saturated carbocycles. The summed E-state index contributed by atoms with van der Waals surface area (Å²) in [4.78, 5) is 2.52. The van der Waals surface area contributed by atoms with Crippen molar-refractivity contribution in [1.82, 2.24) is 0 Å². The van der Waals surface area contributed by atoms with Crippen molar-refractivity contribution < 1.29 is 0 Å². The number of benzene rings is 1. The van der Waals surface area contributed by atoms with Crippen LogP contribution in [0.3, 0.4) is 0 Å². The van der Waals surface area contributed by atoms with Crippen LogP contribution in [0.5, 0.6) is 0 Å². The zero-order valence-electron chi connectivity index (χ0n) is 12.8. The number of nitrogens with two attached hydrogens (primary N) is 1. The van der Waals surface area contributed by atoms with E-state index in [0.29, 0.717) is 0 Å². The Morgan fingerprint density at radius 2 is 1.89 bits per heavy atom. The predicted octanol–water partition coefficient (Wildman–Crippen LogP) is 3.37. The molecule has 106 valence electrons. The zero-order chi connectivity index (χ0) is 14.0. The number of anilines is 1. The maximum absolute atomic E-state index is 6.06. The lowest BCUT2D eigenvalue weighted by atomic mass is 9.99. The van der Waals surface area contributed by atoms with Gasteiger partial charge in [0.2, 0.25) is 0 Å². The summed E-state index contributed by atoms with van der Waals surface area (Å²) in [5.74, 6) is 1.60. The van der Waals surface area contributed by atoms with Crippen molar-refractivity contribution in [3.05, 3.63) is 29.3 Å². The first kappa shape index (κ1) is 14.4. The van der Waals surface area contributed by atoms with E-state index in [1.54, 1.807) is 0 Å². The standard InChI is InChI=1S/C17H28N2/c1-5-16(18)9-15-6-7-17(8-12(15)2)19-10-13(3)14(4)11-19/h6-8,13-14,16H,5,9-11,18H2,1-4H3. The lowest BCUT2D eigenvalue weighted by Gasteiger charge is -2.20. The van der Waals surface area contributed by atoms with Crippen LogP contribution in [0.2, 0.25) is 0 Å². The molecule has 0 aromatic heterocycles. The molecule has 1 aliphatic rings. The first-order chi connectivity index (χ1) is 9.01. The molecular weight excluding hydrogens is 232 g/mol. The molecule has 1 aliphatic heterocycles. The predicted molar refractivity (Wildman–Crippen MR) is 83.7 cm³/mol. The highest BCUT2D eigenvalue weighted by atomic mass is 15.2. The Bertz CT molecular complexity index is 417. The maximum Gasteiger partial charge on any atom is 0.0369 e. The van der Waals surface area contributed by atoms with Gasteiger partial charge in [-0.2, -0.15) is 0 Å². The van der Waals surface area contributed by atoms with Crippen molar-refractivity contribution in [3.63, 3.8) is 0 Å². The van der Waals surface area contributed by atoms with Gasteiger partial charge in [-0.3, -0.25) is 0 Å². The summed E-state index contributed by atoms with van der Waals surface area (Å²) in [5, 5.41) is 0. The van der Waals surface area contributed by atoms with E-state index in [1.807, 2.05) is 0 Å². The summed E-state index contributed by atoms with van der Waals surface area (Å²) >= 11 is 0. The Morgan fingerprint density at radius 3 is 2.42 bits per heavy atom. The molecule has 3 unspecified atom stereocenters. The summed E-state index contributed by atoms with van der Waals surface area (Å²) in [6, 6.07) is 7.17. The van der Waals surface area contributed by atoms with E-state index in [9.17, 15) is 0 Å². The van der Waals surface area contributed by atoms with Gasteiger partial charge in [-0.25, -0.2) is 0 Å². The molecule has 3 atom stereocenters. The van der Waals surface area contributed by atoms with Crippen molar-refractivity contribution >= 4 is 5.69 Å². The number of hydrogen-bond acceptors (Lipinski definition) is 2. The van der Waals surface area contributed by atoms with E-state index in [1.165, 1.54) is 29.9 Å². The Labute approximate surface area is 118 Å². The quantitative estimate of drug-likeness (QED) is 0.899. The fourth-order valence-corrected chi connectivity index (χ4v) is 2.87. The number of rotatable bonds is 4. The first-order valence-electron chi connectivity index (χ1n) is 7.61. The maximum atomic E-state index is 6.06. The number of hydrogen-bond donors (Lipinski definition) is 1. The molecule has 0 amide bonds. The lowest BCUT2D eigenvalue weighted by molar-refractivity contribution is 0.494. The lowest BCUT2D eigenvalue weighted by Crippen LogP contribution is -2.22. The van der Waals surface area contributed by atoms with E-state index in [-0.39, 0.29) is 6.04 Å². The fourth-order valence-electron chi connectivity index (χ4n) is 2.87. The molecule has 1 fully saturated rings. The minimum atomic E-state index is 0.288. The van der Waals surface area contributed by atoms with Crippen molar-refractivity contribution in [1.29, 1.82) is 0 Å². The zero-order valence-corrected chi connectivity index (χ0v) is 12.8. The van der Waals surface area contributed by atoms with Gasteiger partial charge < -0.3 is 10.6 Å². The van der Waals surface area contributed by atoms with Crippen molar-refractivity contribution in [2.45, 2.75) is 46.6 Å². The summed E-state index contributed by atoms with van der Waals surface area (Å²) in [7, 11) is 0. The largest absolute Gasteiger partial charge is 0.371 e. The molecule has 0 spiro atoms. The van der Waals surface area contributed by atoms with Crippen LogP contribution in [0.1, 0.15) is 38.3 Å². The monoisotopic (exact) mass is 260 g/mol. The van der Waals surface area contributed by atoms with Gasteiger partial charge in [0.25, 0.3) is 0 Å². The molecule has 0 aliphatic carbocycles. The SMILES string of the molecule is CCC(N)Cc1ccc(N2CC(C)C(C)C2)cc1C. The van der Waals surface area contributed by atoms with Gasteiger partial charge >= 0.3 is 0 Å². The van der Waals surface area contributed by atoms with Crippen LogP contribution in [0.4, 0.5) is 5.69 Å². The van der Waals surface area contributed by atoms with Gasteiger partial charge in [0.15, 0.2) is 0 Å². The normalized spacial score (nSPS) is 24.8. The molecule has 2 rings (SSSR count). The van der Waals surface area contributed by atoms with Crippen molar-refractivity contribution in [2.24, 2.45) is 17.6 Å². The van der Waals surface area contributed by atoms with Crippen molar-refractivity contribution in [3.8, 4) is 0 Å². The molecule has 2 nitrogen and oxygen atoms in total. The molecule has 19 heavy (non-hydrogen) atoms. The van der Waals surface area contributed by atoms with E-state index in [2.05, 4.69) is 50.8 Å². The average Bonchev–Trinajstić information content (AvgIpc) is 2.72. The minimum Gasteiger partial charge on any atom is -0.371 e. The van der Waals surface area contributed by atoms with Crippen LogP contribution in [-0.4, -0.2) is 19.1 Å². The summed E-state index contributed by atoms with van der Waals surface area (Å²) in [6.07, 6.45) is 2.04. The molecule has 0 radical (unpaired) electrons. The van der Waals surface area contributed by atoms with Gasteiger partial charge in [-0.15, -0.1) is 0 Å². The molecule has 0 bridgehead atoms. The topological polar surface area (TPSA) is 29.3 Å². The van der Waals surface area contributed by atoms with Crippen LogP contribution in [0.15, 0.2) is 18.2 Å². The van der Waals surface area contributed by atoms with Crippen molar-refractivity contribution in [2.75, 3.05) is 18.0 Å². The number of aryl methyl sites for hydroxylation is 1. The van der Waals surface area contributed by atoms with Crippen LogP contribution < -0.4 is 10.6 Å². The molecule has 2 N–H and O–H groups in total. The molecule has 1 aromatic rings. The highest BCUT2D eigenvalue weighted by molar-refractivity contribution is 5.52. The highest BCUT2D eigenvalue weighted by Crippen LogP contribution is 2.29. The molecule has 2 heteroatoms. The van der Waals surface area contributed by atoms with E-state index < -0.39 is 0 Å². The fraction of sp³-hybridized carbons (Fsp3) is 0.647. The summed E-state index contributed by atoms with van der Waals surface area (Å²) in [6.45, 7) is 11.5. The molecular formula is C17H28N2. The third-order valence-corrected chi connectivity index (χ3v) is 4.69. The van der Waals surface area contributed by atoms with E-state index >= 15 is 0 Å². The Balaban J connectivity index is 2.11. The molecule has 1 heterocycles. The average molecular weight is 260 g/mol. The minimum absolute atomic E-state index is 0.288. The summed E-state index contributed by atoms with van der Waals surface area (Å²) in [5.41, 5.74) is 10.2. The number of nitrogens with zero attached hydrogens (tertiary/aromatic N) is 1. The van der Waals surface area contributed by atoms with Crippen LogP contribution in [0.25, 0.3) is 0 Å². The third-order valence-electron chi connectivity index (χ3n) is 4.69. The Morgan fingerprint density at radius 1 is 1.26 bits per heavy atom. The second-order valence-electron chi connectivity index (χ2n) is 6.34. The van der Waals surface area contributed by atoms with E-state index in [0.717, 1.165) is 24.7 Å². The van der Waals surface area contributed by atoms with Gasteiger partial charge in [0.1, 0.15) is 0 Å². The smallest absolute Gasteiger partial charge is 0.0369 e. The van der Waals surface area contributed by atoms with Crippen LogP contribution in [0, 0.1) is 18.8 Å². The highest BCUT2D eigenvalue weighted by Gasteiger charge is 2.26. The second-order valence-corrected chi connectivity index (χ2v) is 6.34. The third kappa shape index (κ3) is 3.30. The van der Waals surface area contributed by atoms with Gasteiger partial charge in [-0.05, 0) is 54.9 Å². The van der Waals surface area contributed by atoms with Gasteiger partial charge in [-0.1, -0.05) is 26.8 Å². The van der Waals surface area contributed by atoms with Crippen LogP contribution >= 0.6 is 0 Å². The Hall–Kier alpha value is -1.02. The Kier molecular flexibility index (Phi) is 4.51. The molecule has 1 saturated heterocycles. The van der Waals surface area contributed by atoms with Crippen LogP contribution in [-0.2, 0) is 6.42 Å². The molecule has 1 aromatic carbocycles. The first-order valence-corrected chi connectivity index (χ1v) is 7.61. The van der Waals surface area contributed by atoms with Gasteiger partial charge in [0, 0.05) is 24.8 Å². The van der Waals surface area contributed by atoms with Gasteiger partial charge in [0.05, 0.1) is 0 Å². The summed E-state index contributed by atoms with van der Waals surface area (Å²) < 4.78 is 0.